The molecule has 22 heavy (non-hydrogen) atoms. The van der Waals surface area contributed by atoms with E-state index >= 15 is 0 Å². The van der Waals surface area contributed by atoms with E-state index in [1.807, 2.05) is 23.1 Å². The highest BCUT2D eigenvalue weighted by atomic mass is 32.2. The smallest absolute Gasteiger partial charge is 0.191 e. The van der Waals surface area contributed by atoms with Crippen LogP contribution in [0.1, 0.15) is 26.2 Å². The van der Waals surface area contributed by atoms with Gasteiger partial charge in [-0.3, -0.25) is 4.99 Å². The minimum absolute atomic E-state index is 0.537. The van der Waals surface area contributed by atoms with E-state index in [4.69, 9.17) is 0 Å². The lowest BCUT2D eigenvalue weighted by atomic mass is 10.1. The zero-order valence-corrected chi connectivity index (χ0v) is 15.3. The molecule has 2 N–H and O–H groups in total. The number of piperidine rings is 1. The number of hydrogen-bond acceptors (Lipinski definition) is 4. The molecule has 0 aliphatic carbocycles. The maximum atomic E-state index is 4.68. The number of nitrogens with zero attached hydrogens (tertiary/aromatic N) is 2. The van der Waals surface area contributed by atoms with E-state index in [-0.39, 0.29) is 0 Å². The van der Waals surface area contributed by atoms with Gasteiger partial charge in [-0.1, -0.05) is 0 Å². The van der Waals surface area contributed by atoms with Crippen LogP contribution in [0, 0.1) is 0 Å². The minimum atomic E-state index is 0.537. The number of thiophene rings is 1. The second-order valence-electron chi connectivity index (χ2n) is 5.46. The van der Waals surface area contributed by atoms with Crippen LogP contribution in [0.5, 0.6) is 0 Å². The van der Waals surface area contributed by atoms with E-state index in [0.717, 1.165) is 38.6 Å². The number of aliphatic imine (C=N–C) groups is 1. The first-order chi connectivity index (χ1) is 10.8. The Kier molecular flexibility index (Phi) is 7.94. The van der Waals surface area contributed by atoms with E-state index in [2.05, 4.69) is 51.2 Å². The number of nitrogens with one attached hydrogen (secondary N) is 2. The van der Waals surface area contributed by atoms with Crippen molar-refractivity contribution < 1.29 is 0 Å². The van der Waals surface area contributed by atoms with Crippen molar-refractivity contribution in [3.63, 3.8) is 0 Å². The third kappa shape index (κ3) is 5.72. The van der Waals surface area contributed by atoms with Crippen molar-refractivity contribution in [3.8, 4) is 0 Å². The molecule has 0 radical (unpaired) electrons. The standard InChI is InChI=1S/C16H28N4S2/c1-3-17-16(18-9-5-12-21-2)19-14-7-10-20(11-8-14)15-6-4-13-22-15/h4,6,13-14H,3,5,7-12H2,1-2H3,(H2,17,18,19). The summed E-state index contributed by atoms with van der Waals surface area (Å²) in [6.07, 6.45) is 5.64. The molecule has 0 spiro atoms. The maximum Gasteiger partial charge on any atom is 0.191 e. The van der Waals surface area contributed by atoms with E-state index in [0.29, 0.717) is 6.04 Å². The van der Waals surface area contributed by atoms with Crippen LogP contribution >= 0.6 is 23.1 Å². The Balaban J connectivity index is 1.76. The predicted octanol–water partition coefficient (Wildman–Crippen LogP) is 3.03. The molecule has 1 aliphatic rings. The van der Waals surface area contributed by atoms with Gasteiger partial charge in [-0.05, 0) is 55.7 Å². The molecule has 0 unspecified atom stereocenters. The molecule has 0 saturated carbocycles. The molecule has 2 heterocycles. The van der Waals surface area contributed by atoms with Crippen LogP contribution in [0.15, 0.2) is 22.5 Å². The summed E-state index contributed by atoms with van der Waals surface area (Å²) in [7, 11) is 0. The Morgan fingerprint density at radius 1 is 1.45 bits per heavy atom. The highest BCUT2D eigenvalue weighted by molar-refractivity contribution is 7.98. The minimum Gasteiger partial charge on any atom is -0.363 e. The highest BCUT2D eigenvalue weighted by Gasteiger charge is 2.20. The van der Waals surface area contributed by atoms with Crippen LogP contribution in [0.2, 0.25) is 0 Å². The van der Waals surface area contributed by atoms with Gasteiger partial charge in [-0.15, -0.1) is 11.3 Å². The monoisotopic (exact) mass is 340 g/mol. The van der Waals surface area contributed by atoms with E-state index in [9.17, 15) is 0 Å². The molecule has 0 atom stereocenters. The average Bonchev–Trinajstić information content (AvgIpc) is 3.07. The number of anilines is 1. The number of rotatable bonds is 7. The maximum absolute atomic E-state index is 4.68. The van der Waals surface area contributed by atoms with Crippen molar-refractivity contribution >= 4 is 34.1 Å². The molecule has 0 aromatic carbocycles. The first-order valence-corrected chi connectivity index (χ1v) is 10.4. The van der Waals surface area contributed by atoms with Gasteiger partial charge in [0.1, 0.15) is 0 Å². The van der Waals surface area contributed by atoms with E-state index in [1.54, 1.807) is 0 Å². The van der Waals surface area contributed by atoms with Crippen molar-refractivity contribution in [2.45, 2.75) is 32.2 Å². The Labute approximate surface area is 142 Å². The second-order valence-corrected chi connectivity index (χ2v) is 7.38. The number of thioether (sulfide) groups is 1. The molecule has 124 valence electrons. The lowest BCUT2D eigenvalue weighted by Gasteiger charge is -2.33. The quantitative estimate of drug-likeness (QED) is 0.455. The Bertz CT molecular complexity index is 425. The van der Waals surface area contributed by atoms with Gasteiger partial charge in [0.25, 0.3) is 0 Å². The highest BCUT2D eigenvalue weighted by Crippen LogP contribution is 2.24. The Morgan fingerprint density at radius 2 is 2.27 bits per heavy atom. The van der Waals surface area contributed by atoms with Gasteiger partial charge in [0, 0.05) is 32.2 Å². The summed E-state index contributed by atoms with van der Waals surface area (Å²) in [5, 5.41) is 10.5. The normalized spacial score (nSPS) is 16.8. The molecule has 1 aliphatic heterocycles. The number of hydrogen-bond donors (Lipinski definition) is 2. The van der Waals surface area contributed by atoms with Gasteiger partial charge in [0.15, 0.2) is 5.96 Å². The summed E-state index contributed by atoms with van der Waals surface area (Å²) in [5.74, 6) is 2.17. The van der Waals surface area contributed by atoms with Gasteiger partial charge >= 0.3 is 0 Å². The SMILES string of the molecule is CCNC(=NCCCSC)NC1CCN(c2cccs2)CC1. The number of guanidine groups is 1. The van der Waals surface area contributed by atoms with Crippen molar-refractivity contribution in [1.29, 1.82) is 0 Å². The lowest BCUT2D eigenvalue weighted by molar-refractivity contribution is 0.463. The largest absolute Gasteiger partial charge is 0.363 e. The van der Waals surface area contributed by atoms with Crippen molar-refractivity contribution in [2.24, 2.45) is 4.99 Å². The summed E-state index contributed by atoms with van der Waals surface area (Å²) in [6.45, 7) is 6.21. The average molecular weight is 341 g/mol. The first-order valence-electron chi connectivity index (χ1n) is 8.15. The summed E-state index contributed by atoms with van der Waals surface area (Å²) < 4.78 is 0. The Morgan fingerprint density at radius 3 is 2.91 bits per heavy atom. The van der Waals surface area contributed by atoms with Crippen molar-refractivity contribution in [3.05, 3.63) is 17.5 Å². The third-order valence-electron chi connectivity index (χ3n) is 3.77. The molecule has 0 amide bonds. The fraction of sp³-hybridized carbons (Fsp3) is 0.688. The molecule has 0 bridgehead atoms. The molecule has 2 rings (SSSR count). The topological polar surface area (TPSA) is 39.7 Å². The molecular formula is C16H28N4S2. The Hall–Kier alpha value is -0.880. The van der Waals surface area contributed by atoms with Crippen LogP contribution < -0.4 is 15.5 Å². The summed E-state index contributed by atoms with van der Waals surface area (Å²) in [5.41, 5.74) is 0. The molecule has 1 fully saturated rings. The molecular weight excluding hydrogens is 312 g/mol. The second kappa shape index (κ2) is 10.0. The molecule has 1 aromatic rings. The lowest BCUT2D eigenvalue weighted by Crippen LogP contribution is -2.48. The van der Waals surface area contributed by atoms with Crippen LogP contribution in [0.4, 0.5) is 5.00 Å². The molecule has 6 heteroatoms. The van der Waals surface area contributed by atoms with Crippen molar-refractivity contribution in [1.82, 2.24) is 10.6 Å². The van der Waals surface area contributed by atoms with Crippen LogP contribution in [0.3, 0.4) is 0 Å². The van der Waals surface area contributed by atoms with Crippen LogP contribution in [-0.4, -0.2) is 50.2 Å². The molecule has 4 nitrogen and oxygen atoms in total. The summed E-state index contributed by atoms with van der Waals surface area (Å²) >= 11 is 3.72. The van der Waals surface area contributed by atoms with Crippen molar-refractivity contribution in [2.75, 3.05) is 43.1 Å². The summed E-state index contributed by atoms with van der Waals surface area (Å²) in [6, 6.07) is 4.89. The van der Waals surface area contributed by atoms with Gasteiger partial charge in [-0.25, -0.2) is 0 Å². The fourth-order valence-corrected chi connectivity index (χ4v) is 3.81. The molecule has 1 aromatic heterocycles. The van der Waals surface area contributed by atoms with Gasteiger partial charge in [0.2, 0.25) is 0 Å². The zero-order valence-electron chi connectivity index (χ0n) is 13.7. The van der Waals surface area contributed by atoms with Crippen LogP contribution in [0.25, 0.3) is 0 Å². The first kappa shape index (κ1) is 17.5. The van der Waals surface area contributed by atoms with Gasteiger partial charge in [0.05, 0.1) is 5.00 Å². The van der Waals surface area contributed by atoms with E-state index in [1.165, 1.54) is 23.6 Å². The van der Waals surface area contributed by atoms with Gasteiger partial charge in [-0.2, -0.15) is 11.8 Å². The van der Waals surface area contributed by atoms with E-state index < -0.39 is 0 Å². The van der Waals surface area contributed by atoms with Crippen LogP contribution in [-0.2, 0) is 0 Å². The molecule has 1 saturated heterocycles. The zero-order chi connectivity index (χ0) is 15.6. The third-order valence-corrected chi connectivity index (χ3v) is 5.40. The fourth-order valence-electron chi connectivity index (χ4n) is 2.61. The summed E-state index contributed by atoms with van der Waals surface area (Å²) in [4.78, 5) is 7.17. The van der Waals surface area contributed by atoms with Gasteiger partial charge < -0.3 is 15.5 Å². The predicted molar refractivity (Wildman–Crippen MR) is 102 cm³/mol.